The number of aromatic nitrogens is 2. The van der Waals surface area contributed by atoms with Gasteiger partial charge in [-0.25, -0.2) is 9.97 Å². The number of hydrogen-bond donors (Lipinski definition) is 3. The second kappa shape index (κ2) is 7.35. The predicted octanol–water partition coefficient (Wildman–Crippen LogP) is 0.308. The molecule has 1 fully saturated rings. The lowest BCUT2D eigenvalue weighted by Gasteiger charge is -2.29. The van der Waals surface area contributed by atoms with Gasteiger partial charge in [0.1, 0.15) is 17.7 Å². The molecule has 9 nitrogen and oxygen atoms in total. The molecule has 9 heteroatoms. The summed E-state index contributed by atoms with van der Waals surface area (Å²) >= 11 is 0. The Hall–Kier alpha value is -3.33. The molecule has 3 heterocycles. The van der Waals surface area contributed by atoms with Crippen molar-refractivity contribution in [1.29, 1.82) is 0 Å². The highest BCUT2D eigenvalue weighted by atomic mass is 16.2. The number of nitrogens with zero attached hydrogens (tertiary/aromatic N) is 3. The van der Waals surface area contributed by atoms with Crippen LogP contribution in [0.5, 0.6) is 0 Å². The summed E-state index contributed by atoms with van der Waals surface area (Å²) in [5.41, 5.74) is 7.87. The van der Waals surface area contributed by atoms with Crippen LogP contribution < -0.4 is 16.4 Å². The molecule has 4 N–H and O–H groups in total. The van der Waals surface area contributed by atoms with Crippen LogP contribution in [0.1, 0.15) is 40.2 Å². The van der Waals surface area contributed by atoms with Gasteiger partial charge >= 0.3 is 0 Å². The zero-order valence-electron chi connectivity index (χ0n) is 15.1. The standard InChI is InChI=1S/C19H20N6O3/c20-8-15-21-7-6-14(23-15)22-9-11-2-1-3-12-10-25(19(28)17(11)12)13-4-5-16(26)24-18(13)27/h1-3,6-7,13H,4-5,8-10,20H2,(H,21,22,23)(H,24,26,27). The van der Waals surface area contributed by atoms with Gasteiger partial charge in [-0.05, 0) is 23.6 Å². The van der Waals surface area contributed by atoms with Crippen molar-refractivity contribution in [3.05, 3.63) is 53.0 Å². The maximum atomic E-state index is 13.0. The van der Waals surface area contributed by atoms with Crippen LogP contribution in [0.2, 0.25) is 0 Å². The molecule has 2 aliphatic rings. The number of hydrogen-bond acceptors (Lipinski definition) is 7. The summed E-state index contributed by atoms with van der Waals surface area (Å²) in [5.74, 6) is 0.264. The molecule has 1 atom stereocenters. The smallest absolute Gasteiger partial charge is 0.255 e. The van der Waals surface area contributed by atoms with E-state index in [1.165, 1.54) is 0 Å². The molecule has 2 aliphatic heterocycles. The summed E-state index contributed by atoms with van der Waals surface area (Å²) in [7, 11) is 0. The van der Waals surface area contributed by atoms with Gasteiger partial charge in [0.15, 0.2) is 0 Å². The fourth-order valence-electron chi connectivity index (χ4n) is 3.62. The highest BCUT2D eigenvalue weighted by Gasteiger charge is 2.39. The van der Waals surface area contributed by atoms with Gasteiger partial charge in [0, 0.05) is 31.3 Å². The SMILES string of the molecule is NCc1nccc(NCc2cccc3c2C(=O)N(C2CCC(=O)NC2=O)C3)n1. The van der Waals surface area contributed by atoms with Gasteiger partial charge in [-0.15, -0.1) is 0 Å². The van der Waals surface area contributed by atoms with Crippen molar-refractivity contribution < 1.29 is 14.4 Å². The largest absolute Gasteiger partial charge is 0.366 e. The molecule has 28 heavy (non-hydrogen) atoms. The van der Waals surface area contributed by atoms with Gasteiger partial charge in [0.2, 0.25) is 11.8 Å². The molecule has 3 amide bonds. The lowest BCUT2D eigenvalue weighted by Crippen LogP contribution is -2.52. The molecular formula is C19H20N6O3. The first-order chi connectivity index (χ1) is 13.6. The van der Waals surface area contributed by atoms with Crippen LogP contribution in [0.25, 0.3) is 0 Å². The van der Waals surface area contributed by atoms with Crippen molar-refractivity contribution in [3.8, 4) is 0 Å². The van der Waals surface area contributed by atoms with Crippen molar-refractivity contribution in [2.45, 2.75) is 38.5 Å². The van der Waals surface area contributed by atoms with Crippen LogP contribution in [-0.4, -0.2) is 38.6 Å². The van der Waals surface area contributed by atoms with Gasteiger partial charge in [-0.2, -0.15) is 0 Å². The molecule has 1 aromatic heterocycles. The highest BCUT2D eigenvalue weighted by molar-refractivity contribution is 6.06. The molecule has 0 radical (unpaired) electrons. The number of nitrogens with one attached hydrogen (secondary N) is 2. The first-order valence-corrected chi connectivity index (χ1v) is 9.08. The Morgan fingerprint density at radius 2 is 2.11 bits per heavy atom. The zero-order valence-corrected chi connectivity index (χ0v) is 15.1. The van der Waals surface area contributed by atoms with E-state index in [4.69, 9.17) is 5.73 Å². The van der Waals surface area contributed by atoms with Gasteiger partial charge in [0.25, 0.3) is 5.91 Å². The molecule has 2 aromatic rings. The zero-order chi connectivity index (χ0) is 19.7. The van der Waals surface area contributed by atoms with E-state index in [9.17, 15) is 14.4 Å². The van der Waals surface area contributed by atoms with E-state index in [1.54, 1.807) is 17.2 Å². The lowest BCUT2D eigenvalue weighted by molar-refractivity contribution is -0.136. The molecule has 1 aromatic carbocycles. The third-order valence-electron chi connectivity index (χ3n) is 4.99. The Labute approximate surface area is 161 Å². The molecule has 1 saturated heterocycles. The van der Waals surface area contributed by atoms with Crippen molar-refractivity contribution in [3.63, 3.8) is 0 Å². The minimum atomic E-state index is -0.618. The van der Waals surface area contributed by atoms with E-state index in [0.29, 0.717) is 36.7 Å². The number of amides is 3. The number of rotatable bonds is 5. The van der Waals surface area contributed by atoms with Crippen molar-refractivity contribution in [1.82, 2.24) is 20.2 Å². The number of anilines is 1. The Morgan fingerprint density at radius 1 is 1.25 bits per heavy atom. The second-order valence-corrected chi connectivity index (χ2v) is 6.77. The number of imide groups is 1. The first kappa shape index (κ1) is 18.1. The van der Waals surface area contributed by atoms with Crippen LogP contribution in [0, 0.1) is 0 Å². The Kier molecular flexibility index (Phi) is 4.74. The maximum Gasteiger partial charge on any atom is 0.255 e. The molecule has 0 spiro atoms. The molecule has 0 aliphatic carbocycles. The van der Waals surface area contributed by atoms with E-state index in [2.05, 4.69) is 20.6 Å². The van der Waals surface area contributed by atoms with Gasteiger partial charge < -0.3 is 16.0 Å². The molecule has 4 rings (SSSR count). The normalized spacial score (nSPS) is 18.8. The predicted molar refractivity (Wildman–Crippen MR) is 99.7 cm³/mol. The topological polar surface area (TPSA) is 130 Å². The highest BCUT2D eigenvalue weighted by Crippen LogP contribution is 2.30. The van der Waals surface area contributed by atoms with Crippen LogP contribution in [0.3, 0.4) is 0 Å². The van der Waals surface area contributed by atoms with Gasteiger partial charge in [-0.1, -0.05) is 18.2 Å². The van der Waals surface area contributed by atoms with Crippen LogP contribution >= 0.6 is 0 Å². The van der Waals surface area contributed by atoms with Gasteiger partial charge in [-0.3, -0.25) is 19.7 Å². The monoisotopic (exact) mass is 380 g/mol. The van der Waals surface area contributed by atoms with E-state index in [-0.39, 0.29) is 24.8 Å². The third-order valence-corrected chi connectivity index (χ3v) is 4.99. The second-order valence-electron chi connectivity index (χ2n) is 6.77. The third kappa shape index (κ3) is 3.31. The Balaban J connectivity index is 1.53. The molecule has 0 bridgehead atoms. The summed E-state index contributed by atoms with van der Waals surface area (Å²) in [5, 5.41) is 5.51. The number of nitrogens with two attached hydrogens (primary N) is 1. The summed E-state index contributed by atoms with van der Waals surface area (Å²) in [6.45, 7) is 1.01. The van der Waals surface area contributed by atoms with Crippen molar-refractivity contribution >= 4 is 23.5 Å². The number of carbonyl (C=O) groups excluding carboxylic acids is 3. The minimum Gasteiger partial charge on any atom is -0.366 e. The summed E-state index contributed by atoms with van der Waals surface area (Å²) < 4.78 is 0. The Morgan fingerprint density at radius 3 is 2.89 bits per heavy atom. The van der Waals surface area contributed by atoms with Crippen LogP contribution in [0.4, 0.5) is 5.82 Å². The van der Waals surface area contributed by atoms with Crippen molar-refractivity contribution in [2.75, 3.05) is 5.32 Å². The summed E-state index contributed by atoms with van der Waals surface area (Å²) in [6.07, 6.45) is 2.21. The molecular weight excluding hydrogens is 360 g/mol. The average molecular weight is 380 g/mol. The molecule has 0 saturated carbocycles. The van der Waals surface area contributed by atoms with Crippen LogP contribution in [0.15, 0.2) is 30.5 Å². The van der Waals surface area contributed by atoms with E-state index in [0.717, 1.165) is 11.1 Å². The average Bonchev–Trinajstić information content (AvgIpc) is 3.03. The quantitative estimate of drug-likeness (QED) is 0.636. The Bertz CT molecular complexity index is 960. The van der Waals surface area contributed by atoms with E-state index in [1.807, 2.05) is 18.2 Å². The fraction of sp³-hybridized carbons (Fsp3) is 0.316. The number of benzene rings is 1. The van der Waals surface area contributed by atoms with E-state index >= 15 is 0 Å². The summed E-state index contributed by atoms with van der Waals surface area (Å²) in [6, 6.07) is 6.78. The summed E-state index contributed by atoms with van der Waals surface area (Å²) in [4.78, 5) is 46.5. The lowest BCUT2D eigenvalue weighted by atomic mass is 10.0. The van der Waals surface area contributed by atoms with Gasteiger partial charge in [0.05, 0.1) is 6.54 Å². The number of fused-ring (bicyclic) bond motifs is 1. The fourth-order valence-corrected chi connectivity index (χ4v) is 3.62. The maximum absolute atomic E-state index is 13.0. The molecule has 1 unspecified atom stereocenters. The molecule has 144 valence electrons. The van der Waals surface area contributed by atoms with Crippen LogP contribution in [-0.2, 0) is 29.2 Å². The minimum absolute atomic E-state index is 0.188. The number of piperidine rings is 1. The first-order valence-electron chi connectivity index (χ1n) is 9.08. The number of carbonyl (C=O) groups is 3. The van der Waals surface area contributed by atoms with Crippen molar-refractivity contribution in [2.24, 2.45) is 5.73 Å². The van der Waals surface area contributed by atoms with E-state index < -0.39 is 11.9 Å².